The van der Waals surface area contributed by atoms with E-state index in [-0.39, 0.29) is 24.9 Å². The molecule has 0 aliphatic rings. The van der Waals surface area contributed by atoms with Gasteiger partial charge in [-0.25, -0.2) is 0 Å². The van der Waals surface area contributed by atoms with Crippen molar-refractivity contribution in [3.8, 4) is 0 Å². The van der Waals surface area contributed by atoms with E-state index >= 15 is 0 Å². The number of hydrogen-bond donors (Lipinski definition) is 3. The Labute approximate surface area is 379 Å². The lowest BCUT2D eigenvalue weighted by atomic mass is 10.0. The zero-order chi connectivity index (χ0) is 44.5. The Morgan fingerprint density at radius 1 is 0.475 bits per heavy atom. The van der Waals surface area contributed by atoms with Gasteiger partial charge in [0, 0.05) is 6.42 Å². The van der Waals surface area contributed by atoms with Gasteiger partial charge in [0.05, 0.1) is 25.2 Å². The number of carbonyl (C=O) groups excluding carboxylic acids is 2. The molecule has 6 heteroatoms. The fourth-order valence-electron chi connectivity index (χ4n) is 8.12. The van der Waals surface area contributed by atoms with Crippen LogP contribution in [0.15, 0.2) is 36.5 Å². The number of ether oxygens (including phenoxy) is 1. The molecule has 0 aromatic heterocycles. The minimum Gasteiger partial charge on any atom is -0.462 e. The van der Waals surface area contributed by atoms with Crippen LogP contribution in [0, 0.1) is 0 Å². The third kappa shape index (κ3) is 44.5. The molecule has 0 aromatic carbocycles. The Bertz CT molecular complexity index is 1010. The summed E-state index contributed by atoms with van der Waals surface area (Å²) in [5.41, 5.74) is 0. The summed E-state index contributed by atoms with van der Waals surface area (Å²) in [6, 6.07) is -0.709. The Hall–Kier alpha value is -1.92. The number of rotatable bonds is 48. The van der Waals surface area contributed by atoms with Gasteiger partial charge in [-0.15, -0.1) is 0 Å². The molecule has 1 amide bonds. The van der Waals surface area contributed by atoms with E-state index in [9.17, 15) is 19.8 Å². The molecule has 3 N–H and O–H groups in total. The van der Waals surface area contributed by atoms with Gasteiger partial charge in [0.25, 0.3) is 0 Å². The van der Waals surface area contributed by atoms with Crippen LogP contribution < -0.4 is 5.32 Å². The molecule has 0 heterocycles. The van der Waals surface area contributed by atoms with Crippen LogP contribution in [0.1, 0.15) is 278 Å². The SMILES string of the molecule is CCCCC/C=C/C=C/CCCCCCC(CC(=O)NC(CO)C(O)CCCCCCCCCCCCCCCCC)OC(=O)CCCCC/C=C\CCCCCCCCC. The minimum atomic E-state index is -0.794. The molecule has 0 spiro atoms. The number of aliphatic hydroxyl groups is 2. The van der Waals surface area contributed by atoms with Crippen LogP contribution in [0.25, 0.3) is 0 Å². The molecule has 0 aliphatic carbocycles. The highest BCUT2D eigenvalue weighted by atomic mass is 16.5. The summed E-state index contributed by atoms with van der Waals surface area (Å²) in [6.45, 7) is 6.46. The molecular weight excluding hydrogens is 755 g/mol. The van der Waals surface area contributed by atoms with Crippen molar-refractivity contribution in [2.75, 3.05) is 6.61 Å². The summed E-state index contributed by atoms with van der Waals surface area (Å²) in [7, 11) is 0. The molecule has 3 atom stereocenters. The van der Waals surface area contributed by atoms with Crippen molar-refractivity contribution in [2.45, 2.75) is 296 Å². The fraction of sp³-hybridized carbons (Fsp3) is 0.855. The zero-order valence-electron chi connectivity index (χ0n) is 40.8. The largest absolute Gasteiger partial charge is 0.462 e. The third-order valence-corrected chi connectivity index (χ3v) is 12.2. The molecule has 0 aromatic rings. The van der Waals surface area contributed by atoms with Crippen LogP contribution in [0.4, 0.5) is 0 Å². The molecule has 0 rings (SSSR count). The van der Waals surface area contributed by atoms with Crippen LogP contribution in [0.3, 0.4) is 0 Å². The summed E-state index contributed by atoms with van der Waals surface area (Å²) in [6.07, 6.45) is 57.7. The standard InChI is InChI=1S/C55H103NO5/c1-4-7-10-13-16-19-22-25-27-29-32-35-38-41-44-47-53(58)52(50-57)56-54(59)49-51(46-43-40-37-34-31-28-24-21-18-15-12-9-6-3)61-55(60)48-45-42-39-36-33-30-26-23-20-17-14-11-8-5-2/h18,21,24,28,30,33,51-53,57-58H,4-17,19-20,22-23,25-27,29,31-32,34-50H2,1-3H3,(H,56,59)/b21-18+,28-24+,33-30-. The van der Waals surface area contributed by atoms with E-state index in [1.807, 2.05) is 0 Å². The van der Waals surface area contributed by atoms with Crippen LogP contribution in [0.5, 0.6) is 0 Å². The van der Waals surface area contributed by atoms with E-state index in [2.05, 4.69) is 62.5 Å². The monoisotopic (exact) mass is 858 g/mol. The van der Waals surface area contributed by atoms with Crippen molar-refractivity contribution in [1.82, 2.24) is 5.32 Å². The molecule has 0 saturated carbocycles. The molecule has 0 bridgehead atoms. The van der Waals surface area contributed by atoms with Gasteiger partial charge in [-0.05, 0) is 77.0 Å². The van der Waals surface area contributed by atoms with Crippen molar-refractivity contribution in [1.29, 1.82) is 0 Å². The van der Waals surface area contributed by atoms with Crippen molar-refractivity contribution >= 4 is 11.9 Å². The smallest absolute Gasteiger partial charge is 0.306 e. The first kappa shape index (κ1) is 59.1. The Morgan fingerprint density at radius 2 is 0.836 bits per heavy atom. The van der Waals surface area contributed by atoms with Crippen molar-refractivity contribution in [2.24, 2.45) is 0 Å². The summed E-state index contributed by atoms with van der Waals surface area (Å²) in [4.78, 5) is 26.1. The number of carbonyl (C=O) groups is 2. The predicted octanol–water partition coefficient (Wildman–Crippen LogP) is 16.1. The summed E-state index contributed by atoms with van der Waals surface area (Å²) < 4.78 is 5.92. The normalized spacial score (nSPS) is 13.5. The summed E-state index contributed by atoms with van der Waals surface area (Å²) >= 11 is 0. The lowest BCUT2D eigenvalue weighted by molar-refractivity contribution is -0.151. The van der Waals surface area contributed by atoms with E-state index in [1.165, 1.54) is 148 Å². The van der Waals surface area contributed by atoms with E-state index in [1.54, 1.807) is 0 Å². The molecule has 0 fully saturated rings. The number of nitrogens with one attached hydrogen (secondary N) is 1. The fourth-order valence-corrected chi connectivity index (χ4v) is 8.12. The quantitative estimate of drug-likeness (QED) is 0.0245. The van der Waals surface area contributed by atoms with Crippen molar-refractivity contribution in [3.05, 3.63) is 36.5 Å². The number of esters is 1. The van der Waals surface area contributed by atoms with Gasteiger partial charge in [-0.2, -0.15) is 0 Å². The van der Waals surface area contributed by atoms with Gasteiger partial charge < -0.3 is 20.3 Å². The number of amides is 1. The summed E-state index contributed by atoms with van der Waals surface area (Å²) in [5.74, 6) is -0.504. The molecule has 0 aliphatic heterocycles. The lowest BCUT2D eigenvalue weighted by Crippen LogP contribution is -2.46. The van der Waals surface area contributed by atoms with Gasteiger partial charge in [-0.1, -0.05) is 224 Å². The van der Waals surface area contributed by atoms with Crippen LogP contribution in [-0.4, -0.2) is 46.9 Å². The second-order valence-electron chi connectivity index (χ2n) is 18.3. The number of aliphatic hydroxyl groups excluding tert-OH is 2. The third-order valence-electron chi connectivity index (χ3n) is 12.2. The molecule has 61 heavy (non-hydrogen) atoms. The van der Waals surface area contributed by atoms with Gasteiger partial charge in [0.2, 0.25) is 5.91 Å². The predicted molar refractivity (Wildman–Crippen MR) is 264 cm³/mol. The van der Waals surface area contributed by atoms with Gasteiger partial charge in [-0.3, -0.25) is 9.59 Å². The molecule has 0 radical (unpaired) electrons. The van der Waals surface area contributed by atoms with E-state index in [4.69, 9.17) is 4.74 Å². The summed E-state index contributed by atoms with van der Waals surface area (Å²) in [5, 5.41) is 23.8. The second kappa shape index (κ2) is 49.1. The van der Waals surface area contributed by atoms with Crippen molar-refractivity contribution < 1.29 is 24.5 Å². The number of allylic oxidation sites excluding steroid dienone is 6. The molecular formula is C55H103NO5. The number of unbranched alkanes of at least 4 members (excludes halogenated alkanes) is 31. The molecule has 358 valence electrons. The first-order valence-corrected chi connectivity index (χ1v) is 26.7. The zero-order valence-corrected chi connectivity index (χ0v) is 40.8. The Kier molecular flexibility index (Phi) is 47.6. The first-order valence-electron chi connectivity index (χ1n) is 26.7. The highest BCUT2D eigenvalue weighted by Crippen LogP contribution is 2.18. The first-order chi connectivity index (χ1) is 30.0. The number of hydrogen-bond acceptors (Lipinski definition) is 5. The highest BCUT2D eigenvalue weighted by molar-refractivity contribution is 5.77. The van der Waals surface area contributed by atoms with Gasteiger partial charge in [0.1, 0.15) is 6.10 Å². The Balaban J connectivity index is 4.58. The van der Waals surface area contributed by atoms with E-state index in [0.717, 1.165) is 83.5 Å². The van der Waals surface area contributed by atoms with Gasteiger partial charge >= 0.3 is 5.97 Å². The molecule has 3 unspecified atom stereocenters. The lowest BCUT2D eigenvalue weighted by Gasteiger charge is -2.24. The van der Waals surface area contributed by atoms with Crippen LogP contribution in [0.2, 0.25) is 0 Å². The molecule has 6 nitrogen and oxygen atoms in total. The topological polar surface area (TPSA) is 95.9 Å². The van der Waals surface area contributed by atoms with Crippen LogP contribution in [-0.2, 0) is 14.3 Å². The van der Waals surface area contributed by atoms with E-state index < -0.39 is 18.2 Å². The minimum absolute atomic E-state index is 0.0603. The second-order valence-corrected chi connectivity index (χ2v) is 18.3. The van der Waals surface area contributed by atoms with Gasteiger partial charge in [0.15, 0.2) is 0 Å². The maximum atomic E-state index is 13.2. The van der Waals surface area contributed by atoms with Crippen molar-refractivity contribution in [3.63, 3.8) is 0 Å². The average molecular weight is 858 g/mol. The highest BCUT2D eigenvalue weighted by Gasteiger charge is 2.24. The van der Waals surface area contributed by atoms with Crippen LogP contribution >= 0.6 is 0 Å². The maximum Gasteiger partial charge on any atom is 0.306 e. The average Bonchev–Trinajstić information content (AvgIpc) is 3.25. The maximum absolute atomic E-state index is 13.2. The molecule has 0 saturated heterocycles. The van der Waals surface area contributed by atoms with E-state index in [0.29, 0.717) is 19.3 Å². The Morgan fingerprint density at radius 3 is 1.30 bits per heavy atom.